The van der Waals surface area contributed by atoms with E-state index in [1.165, 1.54) is 12.1 Å². The summed E-state index contributed by atoms with van der Waals surface area (Å²) in [5.41, 5.74) is 0.833. The molecule has 7 heteroatoms. The first kappa shape index (κ1) is 12.9. The molecule has 0 amide bonds. The lowest BCUT2D eigenvalue weighted by Gasteiger charge is -2.04. The molecule has 0 radical (unpaired) electrons. The topological polar surface area (TPSA) is 81.0 Å². The van der Waals surface area contributed by atoms with E-state index in [2.05, 4.69) is 15.3 Å². The smallest absolute Gasteiger partial charge is 0.305 e. The van der Waals surface area contributed by atoms with Crippen LogP contribution in [-0.2, 0) is 6.42 Å². The molecule has 0 atom stereocenters. The molecule has 1 aromatic carbocycles. The lowest BCUT2D eigenvalue weighted by Crippen LogP contribution is -2.08. The molecule has 19 heavy (non-hydrogen) atoms. The van der Waals surface area contributed by atoms with Crippen LogP contribution in [-0.4, -0.2) is 21.4 Å². The number of nitrogens with one attached hydrogen (secondary N) is 1. The van der Waals surface area contributed by atoms with Crippen LogP contribution in [0.5, 0.6) is 0 Å². The number of hydrogen-bond donors (Lipinski definition) is 1. The Morgan fingerprint density at radius 2 is 1.84 bits per heavy atom. The predicted molar refractivity (Wildman–Crippen MR) is 67.3 cm³/mol. The van der Waals surface area contributed by atoms with E-state index in [9.17, 15) is 14.5 Å². The number of halogens is 1. The van der Waals surface area contributed by atoms with Crippen LogP contribution in [0.2, 0.25) is 0 Å². The molecular formula is C12H11FN4O2. The van der Waals surface area contributed by atoms with Gasteiger partial charge in [-0.3, -0.25) is 10.1 Å². The van der Waals surface area contributed by atoms with Crippen LogP contribution in [0.25, 0.3) is 0 Å². The van der Waals surface area contributed by atoms with Crippen LogP contribution in [0, 0.1) is 15.9 Å². The Balaban J connectivity index is 1.85. The summed E-state index contributed by atoms with van der Waals surface area (Å²) in [7, 11) is 0. The molecule has 2 rings (SSSR count). The highest BCUT2D eigenvalue weighted by Crippen LogP contribution is 2.08. The van der Waals surface area contributed by atoms with Crippen molar-refractivity contribution >= 4 is 11.6 Å². The van der Waals surface area contributed by atoms with E-state index in [1.54, 1.807) is 12.1 Å². The Bertz CT molecular complexity index is 557. The zero-order chi connectivity index (χ0) is 13.7. The van der Waals surface area contributed by atoms with Crippen LogP contribution in [0.1, 0.15) is 5.56 Å². The maximum Gasteiger partial charge on any atom is 0.305 e. The van der Waals surface area contributed by atoms with Gasteiger partial charge < -0.3 is 5.32 Å². The molecule has 0 unspecified atom stereocenters. The second-order valence-corrected chi connectivity index (χ2v) is 3.83. The van der Waals surface area contributed by atoms with Crippen molar-refractivity contribution in [3.8, 4) is 0 Å². The Morgan fingerprint density at radius 1 is 1.21 bits per heavy atom. The molecule has 1 N–H and O–H groups in total. The fourth-order valence-electron chi connectivity index (χ4n) is 1.48. The summed E-state index contributed by atoms with van der Waals surface area (Å²) >= 11 is 0. The first-order valence-corrected chi connectivity index (χ1v) is 5.60. The summed E-state index contributed by atoms with van der Waals surface area (Å²) in [5.74, 6) is 0.0584. The number of aromatic nitrogens is 2. The van der Waals surface area contributed by atoms with E-state index < -0.39 is 4.92 Å². The lowest BCUT2D eigenvalue weighted by atomic mass is 10.1. The van der Waals surface area contributed by atoms with Gasteiger partial charge in [0.1, 0.15) is 18.2 Å². The standard InChI is InChI=1S/C12H11FN4O2/c13-10-3-1-9(2-4-10)5-6-14-12-15-7-11(8-16-12)17(18)19/h1-4,7-8H,5-6H2,(H,14,15,16). The fraction of sp³-hybridized carbons (Fsp3) is 0.167. The Labute approximate surface area is 108 Å². The van der Waals surface area contributed by atoms with Crippen molar-refractivity contribution in [1.82, 2.24) is 9.97 Å². The zero-order valence-electron chi connectivity index (χ0n) is 9.91. The normalized spacial score (nSPS) is 10.2. The molecule has 2 aromatic rings. The van der Waals surface area contributed by atoms with Crippen molar-refractivity contribution in [2.24, 2.45) is 0 Å². The minimum Gasteiger partial charge on any atom is -0.354 e. The molecule has 0 aliphatic rings. The molecule has 1 aromatic heterocycles. The summed E-state index contributed by atoms with van der Waals surface area (Å²) in [6.07, 6.45) is 2.97. The third kappa shape index (κ3) is 3.70. The van der Waals surface area contributed by atoms with E-state index in [4.69, 9.17) is 0 Å². The van der Waals surface area contributed by atoms with Crippen molar-refractivity contribution in [1.29, 1.82) is 0 Å². The Kier molecular flexibility index (Phi) is 3.97. The molecule has 0 saturated heterocycles. The second kappa shape index (κ2) is 5.85. The van der Waals surface area contributed by atoms with E-state index in [1.807, 2.05) is 0 Å². The average molecular weight is 262 g/mol. The number of benzene rings is 1. The van der Waals surface area contributed by atoms with Crippen LogP contribution >= 0.6 is 0 Å². The zero-order valence-corrected chi connectivity index (χ0v) is 9.91. The monoisotopic (exact) mass is 262 g/mol. The summed E-state index contributed by atoms with van der Waals surface area (Å²) in [6, 6.07) is 6.21. The molecule has 0 aliphatic carbocycles. The van der Waals surface area contributed by atoms with Gasteiger partial charge in [0.2, 0.25) is 5.95 Å². The number of anilines is 1. The van der Waals surface area contributed by atoms with Crippen molar-refractivity contribution < 1.29 is 9.31 Å². The summed E-state index contributed by atoms with van der Waals surface area (Å²) in [4.78, 5) is 17.5. The molecule has 0 fully saturated rings. The van der Waals surface area contributed by atoms with Gasteiger partial charge in [-0.15, -0.1) is 0 Å². The number of rotatable bonds is 5. The maximum atomic E-state index is 12.7. The Morgan fingerprint density at radius 3 is 2.42 bits per heavy atom. The van der Waals surface area contributed by atoms with E-state index in [-0.39, 0.29) is 11.5 Å². The van der Waals surface area contributed by atoms with Gasteiger partial charge >= 0.3 is 5.69 Å². The van der Waals surface area contributed by atoms with Gasteiger partial charge in [-0.2, -0.15) is 0 Å². The molecule has 1 heterocycles. The maximum absolute atomic E-state index is 12.7. The summed E-state index contributed by atoms with van der Waals surface area (Å²) in [6.45, 7) is 0.559. The van der Waals surface area contributed by atoms with Crippen molar-refractivity contribution in [3.63, 3.8) is 0 Å². The lowest BCUT2D eigenvalue weighted by molar-refractivity contribution is -0.385. The molecule has 6 nitrogen and oxygen atoms in total. The fourth-order valence-corrected chi connectivity index (χ4v) is 1.48. The first-order valence-electron chi connectivity index (χ1n) is 5.60. The van der Waals surface area contributed by atoms with E-state index in [0.717, 1.165) is 18.0 Å². The van der Waals surface area contributed by atoms with Crippen molar-refractivity contribution in [3.05, 3.63) is 58.2 Å². The van der Waals surface area contributed by atoms with Crippen molar-refractivity contribution in [2.75, 3.05) is 11.9 Å². The first-order chi connectivity index (χ1) is 9.15. The van der Waals surface area contributed by atoms with Gasteiger partial charge in [0.05, 0.1) is 4.92 Å². The average Bonchev–Trinajstić information content (AvgIpc) is 2.41. The molecule has 0 saturated carbocycles. The molecule has 0 aliphatic heterocycles. The van der Waals surface area contributed by atoms with Gasteiger partial charge in [0, 0.05) is 6.54 Å². The summed E-state index contributed by atoms with van der Waals surface area (Å²) < 4.78 is 12.7. The predicted octanol–water partition coefficient (Wildman–Crippen LogP) is 2.18. The second-order valence-electron chi connectivity index (χ2n) is 3.83. The van der Waals surface area contributed by atoms with Gasteiger partial charge in [-0.1, -0.05) is 12.1 Å². The highest BCUT2D eigenvalue weighted by molar-refractivity contribution is 5.31. The largest absolute Gasteiger partial charge is 0.354 e. The summed E-state index contributed by atoms with van der Waals surface area (Å²) in [5, 5.41) is 13.3. The highest BCUT2D eigenvalue weighted by atomic mass is 19.1. The van der Waals surface area contributed by atoms with Crippen molar-refractivity contribution in [2.45, 2.75) is 6.42 Å². The van der Waals surface area contributed by atoms with Gasteiger partial charge in [-0.05, 0) is 24.1 Å². The van der Waals surface area contributed by atoms with Crippen LogP contribution < -0.4 is 5.32 Å². The Hall–Kier alpha value is -2.57. The van der Waals surface area contributed by atoms with Gasteiger partial charge in [0.15, 0.2) is 0 Å². The van der Waals surface area contributed by atoms with Crippen LogP contribution in [0.4, 0.5) is 16.0 Å². The number of hydrogen-bond acceptors (Lipinski definition) is 5. The van der Waals surface area contributed by atoms with E-state index in [0.29, 0.717) is 18.9 Å². The molecule has 0 spiro atoms. The molecule has 0 bridgehead atoms. The molecule has 98 valence electrons. The quantitative estimate of drug-likeness (QED) is 0.659. The minimum atomic E-state index is -0.553. The highest BCUT2D eigenvalue weighted by Gasteiger charge is 2.06. The van der Waals surface area contributed by atoms with Crippen LogP contribution in [0.3, 0.4) is 0 Å². The van der Waals surface area contributed by atoms with Gasteiger partial charge in [0.25, 0.3) is 0 Å². The third-order valence-electron chi connectivity index (χ3n) is 2.46. The number of nitro groups is 1. The molecular weight excluding hydrogens is 251 g/mol. The SMILES string of the molecule is O=[N+]([O-])c1cnc(NCCc2ccc(F)cc2)nc1. The van der Waals surface area contributed by atoms with Crippen LogP contribution in [0.15, 0.2) is 36.7 Å². The van der Waals surface area contributed by atoms with Gasteiger partial charge in [-0.25, -0.2) is 14.4 Å². The minimum absolute atomic E-state index is 0.149. The number of nitrogens with zero attached hydrogens (tertiary/aromatic N) is 3. The third-order valence-corrected chi connectivity index (χ3v) is 2.46. The van der Waals surface area contributed by atoms with E-state index >= 15 is 0 Å².